The van der Waals surface area contributed by atoms with Gasteiger partial charge in [0.15, 0.2) is 0 Å². The number of rotatable bonds is 7. The number of likely N-dealkylation sites (N-methyl/N-ethyl adjacent to an activating group) is 1. The Kier molecular flexibility index (Phi) is 6.48. The Hall–Kier alpha value is -1.59. The predicted molar refractivity (Wildman–Crippen MR) is 78.8 cm³/mol. The lowest BCUT2D eigenvalue weighted by molar-refractivity contribution is -0.122. The van der Waals surface area contributed by atoms with Crippen LogP contribution in [0.1, 0.15) is 24.1 Å². The Bertz CT molecular complexity index is 449. The molecular weight excluding hydrogens is 256 g/mol. The van der Waals surface area contributed by atoms with E-state index in [4.69, 9.17) is 4.74 Å². The Morgan fingerprint density at radius 1 is 1.50 bits per heavy atom. The van der Waals surface area contributed by atoms with E-state index in [1.54, 1.807) is 13.2 Å². The largest absolute Gasteiger partial charge is 0.508 e. The molecule has 0 aromatic heterocycles. The lowest BCUT2D eigenvalue weighted by Gasteiger charge is -2.25. The molecule has 5 nitrogen and oxygen atoms in total. The van der Waals surface area contributed by atoms with Crippen molar-refractivity contribution in [2.75, 3.05) is 33.9 Å². The summed E-state index contributed by atoms with van der Waals surface area (Å²) in [6, 6.07) is 5.46. The Balaban J connectivity index is 2.60. The zero-order valence-electron chi connectivity index (χ0n) is 12.6. The van der Waals surface area contributed by atoms with Crippen LogP contribution in [0.5, 0.6) is 5.75 Å². The highest BCUT2D eigenvalue weighted by molar-refractivity contribution is 5.78. The number of nitrogens with zero attached hydrogens (tertiary/aromatic N) is 1. The molecule has 1 amide bonds. The normalized spacial score (nSPS) is 12.4. The van der Waals surface area contributed by atoms with Crippen LogP contribution in [-0.4, -0.2) is 49.8 Å². The highest BCUT2D eigenvalue weighted by Gasteiger charge is 2.17. The number of carbonyl (C=O) groups excluding carboxylic acids is 1. The number of ether oxygens (including phenoxy) is 1. The van der Waals surface area contributed by atoms with Crippen molar-refractivity contribution >= 4 is 5.91 Å². The third-order valence-corrected chi connectivity index (χ3v) is 3.32. The maximum atomic E-state index is 11.7. The van der Waals surface area contributed by atoms with Crippen molar-refractivity contribution < 1.29 is 14.6 Å². The van der Waals surface area contributed by atoms with E-state index in [0.29, 0.717) is 13.2 Å². The fourth-order valence-corrected chi connectivity index (χ4v) is 1.96. The number of nitrogens with one attached hydrogen (secondary N) is 1. The molecular formula is C15H24N2O3. The molecule has 0 heterocycles. The predicted octanol–water partition coefficient (Wildman–Crippen LogP) is 1.46. The second-order valence-electron chi connectivity index (χ2n) is 5.00. The van der Waals surface area contributed by atoms with Gasteiger partial charge in [-0.3, -0.25) is 9.69 Å². The molecule has 0 aliphatic heterocycles. The number of aromatic hydroxyl groups is 1. The number of phenolic OH excluding ortho intramolecular Hbond substituents is 1. The molecule has 112 valence electrons. The first-order chi connectivity index (χ1) is 9.45. The molecule has 5 heteroatoms. The van der Waals surface area contributed by atoms with E-state index < -0.39 is 0 Å². The summed E-state index contributed by atoms with van der Waals surface area (Å²) >= 11 is 0. The van der Waals surface area contributed by atoms with Crippen LogP contribution in [0, 0.1) is 6.92 Å². The number of hydrogen-bond donors (Lipinski definition) is 2. The minimum absolute atomic E-state index is 0.0388. The number of amides is 1. The molecule has 1 atom stereocenters. The molecule has 0 aliphatic rings. The van der Waals surface area contributed by atoms with E-state index in [2.05, 4.69) is 5.32 Å². The maximum absolute atomic E-state index is 11.7. The minimum atomic E-state index is -0.0523. The second-order valence-corrected chi connectivity index (χ2v) is 5.00. The van der Waals surface area contributed by atoms with E-state index in [1.165, 1.54) is 0 Å². The van der Waals surface area contributed by atoms with Crippen molar-refractivity contribution in [2.24, 2.45) is 0 Å². The van der Waals surface area contributed by atoms with Crippen LogP contribution in [0.25, 0.3) is 0 Å². The summed E-state index contributed by atoms with van der Waals surface area (Å²) in [5.41, 5.74) is 1.92. The Morgan fingerprint density at radius 3 is 2.85 bits per heavy atom. The molecule has 1 unspecified atom stereocenters. The van der Waals surface area contributed by atoms with E-state index in [9.17, 15) is 9.90 Å². The molecule has 1 rings (SSSR count). The summed E-state index contributed by atoms with van der Waals surface area (Å²) < 4.78 is 4.88. The summed E-state index contributed by atoms with van der Waals surface area (Å²) in [5.74, 6) is 0.207. The van der Waals surface area contributed by atoms with Gasteiger partial charge in [-0.05, 0) is 27.0 Å². The van der Waals surface area contributed by atoms with E-state index in [-0.39, 0.29) is 24.2 Å². The molecule has 1 aromatic rings. The molecule has 0 bridgehead atoms. The molecule has 0 saturated heterocycles. The lowest BCUT2D eigenvalue weighted by Crippen LogP contribution is -2.37. The number of benzene rings is 1. The van der Waals surface area contributed by atoms with Crippen LogP contribution >= 0.6 is 0 Å². The van der Waals surface area contributed by atoms with Crippen molar-refractivity contribution in [3.63, 3.8) is 0 Å². The maximum Gasteiger partial charge on any atom is 0.234 e. The van der Waals surface area contributed by atoms with Crippen molar-refractivity contribution in [2.45, 2.75) is 19.9 Å². The third kappa shape index (κ3) is 4.83. The van der Waals surface area contributed by atoms with Gasteiger partial charge in [-0.2, -0.15) is 0 Å². The van der Waals surface area contributed by atoms with Gasteiger partial charge in [-0.15, -0.1) is 0 Å². The van der Waals surface area contributed by atoms with E-state index in [1.807, 2.05) is 37.9 Å². The topological polar surface area (TPSA) is 61.8 Å². The first-order valence-electron chi connectivity index (χ1n) is 6.71. The first-order valence-corrected chi connectivity index (χ1v) is 6.71. The van der Waals surface area contributed by atoms with Gasteiger partial charge in [0, 0.05) is 25.3 Å². The van der Waals surface area contributed by atoms with Gasteiger partial charge >= 0.3 is 0 Å². The molecule has 0 fully saturated rings. The third-order valence-electron chi connectivity index (χ3n) is 3.32. The van der Waals surface area contributed by atoms with Crippen molar-refractivity contribution in [1.82, 2.24) is 10.2 Å². The average Bonchev–Trinajstić information content (AvgIpc) is 2.41. The molecule has 0 spiro atoms. The van der Waals surface area contributed by atoms with Crippen LogP contribution in [0.15, 0.2) is 18.2 Å². The zero-order chi connectivity index (χ0) is 15.1. The number of methoxy groups -OCH3 is 1. The number of aryl methyl sites for hydroxylation is 1. The smallest absolute Gasteiger partial charge is 0.234 e. The summed E-state index contributed by atoms with van der Waals surface area (Å²) in [5, 5.41) is 12.7. The van der Waals surface area contributed by atoms with E-state index in [0.717, 1.165) is 11.1 Å². The summed E-state index contributed by atoms with van der Waals surface area (Å²) in [7, 11) is 3.46. The van der Waals surface area contributed by atoms with Gasteiger partial charge in [0.2, 0.25) is 5.91 Å². The highest BCUT2D eigenvalue weighted by Crippen LogP contribution is 2.28. The van der Waals surface area contributed by atoms with Crippen LogP contribution in [0.2, 0.25) is 0 Å². The number of carbonyl (C=O) groups is 1. The summed E-state index contributed by atoms with van der Waals surface area (Å²) in [6.07, 6.45) is 0. The van der Waals surface area contributed by atoms with Gasteiger partial charge in [-0.25, -0.2) is 0 Å². The number of phenols is 1. The molecule has 20 heavy (non-hydrogen) atoms. The van der Waals surface area contributed by atoms with Crippen molar-refractivity contribution in [3.8, 4) is 5.75 Å². The zero-order valence-corrected chi connectivity index (χ0v) is 12.6. The van der Waals surface area contributed by atoms with Gasteiger partial charge in [-0.1, -0.05) is 17.7 Å². The average molecular weight is 280 g/mol. The first kappa shape index (κ1) is 16.5. The monoisotopic (exact) mass is 280 g/mol. The van der Waals surface area contributed by atoms with Gasteiger partial charge in [0.1, 0.15) is 5.75 Å². The molecule has 0 saturated carbocycles. The molecule has 0 radical (unpaired) electrons. The fraction of sp³-hybridized carbons (Fsp3) is 0.533. The Labute approximate surface area is 120 Å². The number of hydrogen-bond acceptors (Lipinski definition) is 4. The SMILES string of the molecule is COCCNC(=O)CN(C)C(C)c1cc(C)ccc1O. The van der Waals surface area contributed by atoms with Crippen molar-refractivity contribution in [1.29, 1.82) is 0 Å². The van der Waals surface area contributed by atoms with Gasteiger partial charge in [0.25, 0.3) is 0 Å². The van der Waals surface area contributed by atoms with E-state index >= 15 is 0 Å². The molecule has 1 aromatic carbocycles. The minimum Gasteiger partial charge on any atom is -0.508 e. The van der Waals surface area contributed by atoms with Crippen LogP contribution in [0.3, 0.4) is 0 Å². The molecule has 2 N–H and O–H groups in total. The quantitative estimate of drug-likeness (QED) is 0.742. The Morgan fingerprint density at radius 2 is 2.20 bits per heavy atom. The van der Waals surface area contributed by atoms with Crippen LogP contribution < -0.4 is 5.32 Å². The summed E-state index contributed by atoms with van der Waals surface area (Å²) in [4.78, 5) is 13.6. The van der Waals surface area contributed by atoms with Crippen LogP contribution in [-0.2, 0) is 9.53 Å². The van der Waals surface area contributed by atoms with Crippen molar-refractivity contribution in [3.05, 3.63) is 29.3 Å². The lowest BCUT2D eigenvalue weighted by atomic mass is 10.0. The fourth-order valence-electron chi connectivity index (χ4n) is 1.96. The standard InChI is InChI=1S/C15H24N2O3/c1-11-5-6-14(18)13(9-11)12(2)17(3)10-15(19)16-7-8-20-4/h5-6,9,12,18H,7-8,10H2,1-4H3,(H,16,19). The van der Waals surface area contributed by atoms with Gasteiger partial charge in [0.05, 0.1) is 13.2 Å². The molecule has 0 aliphatic carbocycles. The van der Waals surface area contributed by atoms with Gasteiger partial charge < -0.3 is 15.2 Å². The van der Waals surface area contributed by atoms with Crippen LogP contribution in [0.4, 0.5) is 0 Å². The highest BCUT2D eigenvalue weighted by atomic mass is 16.5. The second kappa shape index (κ2) is 7.87. The summed E-state index contributed by atoms with van der Waals surface area (Å²) in [6.45, 7) is 5.24.